The number of nitrogens with one attached hydrogen (secondary N) is 1. The lowest BCUT2D eigenvalue weighted by Gasteiger charge is -2.07. The predicted octanol–water partition coefficient (Wildman–Crippen LogP) is 5.39. The van der Waals surface area contributed by atoms with Crippen molar-refractivity contribution in [1.82, 2.24) is 4.98 Å². The second kappa shape index (κ2) is 8.38. The Balaban J connectivity index is 1.79. The molecule has 0 aliphatic rings. The minimum Gasteiger partial charge on any atom is -0.494 e. The van der Waals surface area contributed by atoms with Gasteiger partial charge in [-0.15, -0.1) is 0 Å². The highest BCUT2D eigenvalue weighted by Gasteiger charge is 2.15. The number of halogens is 1. The van der Waals surface area contributed by atoms with Crippen molar-refractivity contribution in [3.63, 3.8) is 0 Å². The number of thiazole rings is 1. The molecule has 1 N–H and O–H groups in total. The lowest BCUT2D eigenvalue weighted by Crippen LogP contribution is -2.11. The molecule has 1 heterocycles. The minimum absolute atomic E-state index is 0.250. The molecule has 3 rings (SSSR count). The molecular formula is C19H19ClN2O3S. The summed E-state index contributed by atoms with van der Waals surface area (Å²) < 4.78 is 11.7. The summed E-state index contributed by atoms with van der Waals surface area (Å²) in [6, 6.07) is 10.6. The molecule has 0 spiro atoms. The molecule has 0 saturated heterocycles. The lowest BCUT2D eigenvalue weighted by atomic mass is 10.2. The summed E-state index contributed by atoms with van der Waals surface area (Å²) in [6.45, 7) is 2.74. The number of rotatable bonds is 7. The topological polar surface area (TPSA) is 60.5 Å². The van der Waals surface area contributed by atoms with Crippen molar-refractivity contribution in [3.8, 4) is 11.5 Å². The average molecular weight is 391 g/mol. The molecule has 7 heteroatoms. The third kappa shape index (κ3) is 4.08. The van der Waals surface area contributed by atoms with Crippen LogP contribution in [0.1, 0.15) is 30.1 Å². The van der Waals surface area contributed by atoms with Crippen molar-refractivity contribution < 1.29 is 14.3 Å². The molecule has 0 saturated carbocycles. The van der Waals surface area contributed by atoms with E-state index >= 15 is 0 Å². The van der Waals surface area contributed by atoms with Gasteiger partial charge >= 0.3 is 0 Å². The second-order valence-electron chi connectivity index (χ2n) is 5.63. The summed E-state index contributed by atoms with van der Waals surface area (Å²) in [5.74, 6) is 1.05. The zero-order chi connectivity index (χ0) is 18.5. The van der Waals surface area contributed by atoms with Crippen LogP contribution in [0, 0.1) is 0 Å². The molecule has 0 unspecified atom stereocenters. The van der Waals surface area contributed by atoms with Crippen LogP contribution in [0.25, 0.3) is 10.2 Å². The third-order valence-electron chi connectivity index (χ3n) is 3.76. The van der Waals surface area contributed by atoms with Crippen LogP contribution in [0.5, 0.6) is 11.5 Å². The SMILES string of the molecule is CCCCOc1cccc(C(=O)Nc2nc3c(OC)ccc(Cl)c3s2)c1. The number of anilines is 1. The molecule has 26 heavy (non-hydrogen) atoms. The highest BCUT2D eigenvalue weighted by Crippen LogP contribution is 2.37. The van der Waals surface area contributed by atoms with Gasteiger partial charge in [0, 0.05) is 5.56 Å². The van der Waals surface area contributed by atoms with E-state index in [1.165, 1.54) is 11.3 Å². The van der Waals surface area contributed by atoms with E-state index in [-0.39, 0.29) is 5.91 Å². The number of methoxy groups -OCH3 is 1. The van der Waals surface area contributed by atoms with Gasteiger partial charge in [0.05, 0.1) is 23.4 Å². The van der Waals surface area contributed by atoms with Gasteiger partial charge in [0.15, 0.2) is 5.13 Å². The summed E-state index contributed by atoms with van der Waals surface area (Å²) >= 11 is 7.53. The number of nitrogens with zero attached hydrogens (tertiary/aromatic N) is 1. The Labute approximate surface area is 160 Å². The van der Waals surface area contributed by atoms with Crippen molar-refractivity contribution >= 4 is 44.2 Å². The Kier molecular flexibility index (Phi) is 5.96. The lowest BCUT2D eigenvalue weighted by molar-refractivity contribution is 0.102. The Hall–Kier alpha value is -2.31. The number of unbranched alkanes of at least 4 members (excludes halogenated alkanes) is 1. The first-order valence-electron chi connectivity index (χ1n) is 8.29. The smallest absolute Gasteiger partial charge is 0.257 e. The zero-order valence-electron chi connectivity index (χ0n) is 14.5. The second-order valence-corrected chi connectivity index (χ2v) is 7.04. The van der Waals surface area contributed by atoms with E-state index < -0.39 is 0 Å². The van der Waals surface area contributed by atoms with E-state index in [1.54, 1.807) is 37.4 Å². The molecular weight excluding hydrogens is 372 g/mol. The maximum Gasteiger partial charge on any atom is 0.257 e. The van der Waals surface area contributed by atoms with Crippen LogP contribution >= 0.6 is 22.9 Å². The summed E-state index contributed by atoms with van der Waals surface area (Å²) in [5.41, 5.74) is 1.15. The van der Waals surface area contributed by atoms with Crippen LogP contribution in [0.2, 0.25) is 5.02 Å². The van der Waals surface area contributed by atoms with Gasteiger partial charge in [-0.25, -0.2) is 4.98 Å². The first kappa shape index (κ1) is 18.5. The molecule has 0 aliphatic carbocycles. The largest absolute Gasteiger partial charge is 0.494 e. The first-order valence-corrected chi connectivity index (χ1v) is 9.49. The molecule has 0 radical (unpaired) electrons. The van der Waals surface area contributed by atoms with Gasteiger partial charge in [0.2, 0.25) is 0 Å². The number of carbonyl (C=O) groups is 1. The van der Waals surface area contributed by atoms with E-state index in [9.17, 15) is 4.79 Å². The molecule has 2 aromatic carbocycles. The highest BCUT2D eigenvalue weighted by molar-refractivity contribution is 7.23. The van der Waals surface area contributed by atoms with Crippen LogP contribution in [0.4, 0.5) is 5.13 Å². The molecule has 5 nitrogen and oxygen atoms in total. The van der Waals surface area contributed by atoms with E-state index in [0.29, 0.717) is 39.3 Å². The van der Waals surface area contributed by atoms with Crippen molar-refractivity contribution in [1.29, 1.82) is 0 Å². The van der Waals surface area contributed by atoms with E-state index in [2.05, 4.69) is 17.2 Å². The monoisotopic (exact) mass is 390 g/mol. The van der Waals surface area contributed by atoms with Gasteiger partial charge in [0.1, 0.15) is 17.0 Å². The Morgan fingerprint density at radius 1 is 1.31 bits per heavy atom. The van der Waals surface area contributed by atoms with E-state index in [0.717, 1.165) is 17.5 Å². The molecule has 1 aromatic heterocycles. The van der Waals surface area contributed by atoms with Crippen LogP contribution in [-0.4, -0.2) is 24.6 Å². The van der Waals surface area contributed by atoms with Crippen LogP contribution < -0.4 is 14.8 Å². The van der Waals surface area contributed by atoms with Gasteiger partial charge in [-0.1, -0.05) is 42.3 Å². The summed E-state index contributed by atoms with van der Waals surface area (Å²) in [7, 11) is 1.57. The number of hydrogen-bond donors (Lipinski definition) is 1. The standard InChI is InChI=1S/C19H19ClN2O3S/c1-3-4-10-25-13-7-5-6-12(11-13)18(23)22-19-21-16-15(24-2)9-8-14(20)17(16)26-19/h5-9,11H,3-4,10H2,1-2H3,(H,21,22,23). The number of hydrogen-bond acceptors (Lipinski definition) is 5. The fraction of sp³-hybridized carbons (Fsp3) is 0.263. The number of benzene rings is 2. The minimum atomic E-state index is -0.250. The van der Waals surface area contributed by atoms with Crippen molar-refractivity contribution in [2.45, 2.75) is 19.8 Å². The average Bonchev–Trinajstić information content (AvgIpc) is 3.07. The Morgan fingerprint density at radius 2 is 2.15 bits per heavy atom. The number of fused-ring (bicyclic) bond motifs is 1. The maximum atomic E-state index is 12.5. The molecule has 0 fully saturated rings. The van der Waals surface area contributed by atoms with Gasteiger partial charge in [-0.05, 0) is 36.8 Å². The fourth-order valence-corrected chi connectivity index (χ4v) is 3.55. The van der Waals surface area contributed by atoms with Crippen molar-refractivity contribution in [3.05, 3.63) is 47.0 Å². The predicted molar refractivity (Wildman–Crippen MR) is 106 cm³/mol. The van der Waals surface area contributed by atoms with Crippen molar-refractivity contribution in [2.24, 2.45) is 0 Å². The maximum absolute atomic E-state index is 12.5. The molecule has 0 bridgehead atoms. The van der Waals surface area contributed by atoms with Crippen molar-refractivity contribution in [2.75, 3.05) is 19.0 Å². The number of aromatic nitrogens is 1. The normalized spacial score (nSPS) is 10.7. The molecule has 136 valence electrons. The summed E-state index contributed by atoms with van der Waals surface area (Å²) in [4.78, 5) is 17.0. The zero-order valence-corrected chi connectivity index (χ0v) is 16.1. The molecule has 1 amide bonds. The van der Waals surface area contributed by atoms with Crippen LogP contribution in [0.3, 0.4) is 0 Å². The summed E-state index contributed by atoms with van der Waals surface area (Å²) in [5, 5.41) is 3.86. The van der Waals surface area contributed by atoms with Gasteiger partial charge in [-0.2, -0.15) is 0 Å². The number of ether oxygens (including phenoxy) is 2. The Morgan fingerprint density at radius 3 is 2.92 bits per heavy atom. The number of carbonyl (C=O) groups excluding carboxylic acids is 1. The Bertz CT molecular complexity index is 926. The first-order chi connectivity index (χ1) is 12.6. The van der Waals surface area contributed by atoms with Gasteiger partial charge < -0.3 is 9.47 Å². The van der Waals surface area contributed by atoms with Crippen LogP contribution in [-0.2, 0) is 0 Å². The molecule has 0 atom stereocenters. The highest BCUT2D eigenvalue weighted by atomic mass is 35.5. The van der Waals surface area contributed by atoms with E-state index in [1.807, 2.05) is 6.07 Å². The quantitative estimate of drug-likeness (QED) is 0.549. The molecule has 3 aromatic rings. The number of amides is 1. The summed E-state index contributed by atoms with van der Waals surface area (Å²) in [6.07, 6.45) is 2.04. The third-order valence-corrected chi connectivity index (χ3v) is 5.19. The van der Waals surface area contributed by atoms with E-state index in [4.69, 9.17) is 21.1 Å². The van der Waals surface area contributed by atoms with Gasteiger partial charge in [-0.3, -0.25) is 10.1 Å². The molecule has 0 aliphatic heterocycles. The van der Waals surface area contributed by atoms with Gasteiger partial charge in [0.25, 0.3) is 5.91 Å². The fourth-order valence-electron chi connectivity index (χ4n) is 2.40. The van der Waals surface area contributed by atoms with Crippen LogP contribution in [0.15, 0.2) is 36.4 Å².